The minimum Gasteiger partial charge on any atom is -0.333 e. The van der Waals surface area contributed by atoms with Gasteiger partial charge in [-0.25, -0.2) is 0 Å². The van der Waals surface area contributed by atoms with Crippen molar-refractivity contribution in [2.24, 2.45) is 12.8 Å². The van der Waals surface area contributed by atoms with Gasteiger partial charge >= 0.3 is 6.18 Å². The van der Waals surface area contributed by atoms with Crippen LogP contribution in [0.5, 0.6) is 0 Å². The fraction of sp³-hybridized carbons (Fsp3) is 0.304. The molecular formula is C23H25F3N6O. The van der Waals surface area contributed by atoms with Gasteiger partial charge in [-0.2, -0.15) is 23.3 Å². The molecule has 1 aromatic carbocycles. The van der Waals surface area contributed by atoms with Crippen molar-refractivity contribution >= 4 is 0 Å². The summed E-state index contributed by atoms with van der Waals surface area (Å²) in [6.45, 7) is 4.36. The van der Waals surface area contributed by atoms with E-state index < -0.39 is 11.7 Å². The van der Waals surface area contributed by atoms with Gasteiger partial charge in [0.15, 0.2) is 0 Å². The molecule has 0 aliphatic heterocycles. The van der Waals surface area contributed by atoms with Gasteiger partial charge in [0.2, 0.25) is 5.82 Å². The molecule has 7 nitrogen and oxygen atoms in total. The second-order valence-electron chi connectivity index (χ2n) is 7.33. The predicted octanol–water partition coefficient (Wildman–Crippen LogP) is 4.61. The number of benzene rings is 1. The molecule has 0 saturated heterocycles. The van der Waals surface area contributed by atoms with E-state index in [0.717, 1.165) is 41.9 Å². The Kier molecular flexibility index (Phi) is 7.59. The maximum absolute atomic E-state index is 11.9. The van der Waals surface area contributed by atoms with Gasteiger partial charge in [0.05, 0.1) is 23.0 Å². The molecule has 4 rings (SSSR count). The van der Waals surface area contributed by atoms with Crippen LogP contribution in [0.3, 0.4) is 0 Å². The zero-order valence-corrected chi connectivity index (χ0v) is 18.6. The standard InChI is InChI=1S/C16H19N5O.C7H6F3N/c1-3-14-13(10-18-21(14)2)16-19-15(20-22-16)12-6-4-11(5-7-12)8-9-17;1-5-2-3-6(4-11-5)7(8,9)10/h4-7,10H,3,8-9,17H2,1-2H3;2-4H,1H3. The minimum absolute atomic E-state index is 0.506. The molecule has 0 radical (unpaired) electrons. The first-order valence-electron chi connectivity index (χ1n) is 10.4. The van der Waals surface area contributed by atoms with E-state index in [9.17, 15) is 13.2 Å². The summed E-state index contributed by atoms with van der Waals surface area (Å²) in [4.78, 5) is 8.02. The first-order chi connectivity index (χ1) is 15.7. The molecule has 0 saturated carbocycles. The lowest BCUT2D eigenvalue weighted by molar-refractivity contribution is -0.137. The molecule has 174 valence electrons. The van der Waals surface area contributed by atoms with Gasteiger partial charge in [-0.15, -0.1) is 0 Å². The summed E-state index contributed by atoms with van der Waals surface area (Å²) in [7, 11) is 1.91. The van der Waals surface area contributed by atoms with Crippen molar-refractivity contribution in [3.63, 3.8) is 0 Å². The highest BCUT2D eigenvalue weighted by Crippen LogP contribution is 2.28. The Balaban J connectivity index is 0.000000235. The van der Waals surface area contributed by atoms with Crippen LogP contribution in [0, 0.1) is 6.92 Å². The number of nitrogens with zero attached hydrogens (tertiary/aromatic N) is 5. The molecule has 0 fully saturated rings. The van der Waals surface area contributed by atoms with Gasteiger partial charge in [0.25, 0.3) is 5.89 Å². The Morgan fingerprint density at radius 3 is 2.36 bits per heavy atom. The van der Waals surface area contributed by atoms with E-state index in [0.29, 0.717) is 24.0 Å². The third-order valence-corrected chi connectivity index (χ3v) is 4.94. The number of pyridine rings is 1. The lowest BCUT2D eigenvalue weighted by Crippen LogP contribution is -2.05. The monoisotopic (exact) mass is 458 g/mol. The van der Waals surface area contributed by atoms with Crippen LogP contribution in [0.25, 0.3) is 22.8 Å². The number of alkyl halides is 3. The molecule has 3 aromatic heterocycles. The smallest absolute Gasteiger partial charge is 0.333 e. The first-order valence-corrected chi connectivity index (χ1v) is 10.4. The van der Waals surface area contributed by atoms with E-state index in [-0.39, 0.29) is 0 Å². The number of hydrogen-bond acceptors (Lipinski definition) is 6. The number of nitrogens with two attached hydrogens (primary N) is 1. The third kappa shape index (κ3) is 6.04. The fourth-order valence-corrected chi connectivity index (χ4v) is 3.13. The number of rotatable bonds is 5. The molecule has 0 aliphatic rings. The van der Waals surface area contributed by atoms with Gasteiger partial charge in [0.1, 0.15) is 0 Å². The second-order valence-corrected chi connectivity index (χ2v) is 7.33. The Hall–Kier alpha value is -3.53. The molecule has 0 amide bonds. The van der Waals surface area contributed by atoms with Crippen molar-refractivity contribution in [2.45, 2.75) is 32.9 Å². The van der Waals surface area contributed by atoms with Gasteiger partial charge in [-0.3, -0.25) is 9.67 Å². The summed E-state index contributed by atoms with van der Waals surface area (Å²) in [5.74, 6) is 1.09. The maximum atomic E-state index is 11.9. The number of halogens is 3. The van der Waals surface area contributed by atoms with Crippen molar-refractivity contribution in [3.05, 3.63) is 71.3 Å². The van der Waals surface area contributed by atoms with Crippen LogP contribution in [0.1, 0.15) is 29.4 Å². The lowest BCUT2D eigenvalue weighted by Gasteiger charge is -2.04. The van der Waals surface area contributed by atoms with Crippen molar-refractivity contribution in [3.8, 4) is 22.8 Å². The van der Waals surface area contributed by atoms with E-state index in [2.05, 4.69) is 27.1 Å². The number of hydrogen-bond donors (Lipinski definition) is 1. The largest absolute Gasteiger partial charge is 0.417 e. The normalized spacial score (nSPS) is 11.2. The summed E-state index contributed by atoms with van der Waals surface area (Å²) < 4.78 is 42.9. The van der Waals surface area contributed by atoms with Crippen molar-refractivity contribution in [1.82, 2.24) is 24.9 Å². The molecule has 0 atom stereocenters. The van der Waals surface area contributed by atoms with Crippen molar-refractivity contribution < 1.29 is 17.7 Å². The topological polar surface area (TPSA) is 95.6 Å². The Labute approximate surface area is 189 Å². The quantitative estimate of drug-likeness (QED) is 0.469. The molecule has 0 aliphatic carbocycles. The van der Waals surface area contributed by atoms with E-state index in [1.54, 1.807) is 13.1 Å². The second kappa shape index (κ2) is 10.4. The highest BCUT2D eigenvalue weighted by molar-refractivity contribution is 5.61. The molecule has 10 heteroatoms. The number of aryl methyl sites for hydroxylation is 2. The van der Waals surface area contributed by atoms with E-state index in [1.807, 2.05) is 36.0 Å². The average molecular weight is 458 g/mol. The Morgan fingerprint density at radius 2 is 1.79 bits per heavy atom. The van der Waals surface area contributed by atoms with Crippen LogP contribution in [0.4, 0.5) is 13.2 Å². The molecule has 3 heterocycles. The summed E-state index contributed by atoms with van der Waals surface area (Å²) >= 11 is 0. The van der Waals surface area contributed by atoms with Crippen LogP contribution < -0.4 is 5.73 Å². The molecule has 4 aromatic rings. The third-order valence-electron chi connectivity index (χ3n) is 4.94. The van der Waals surface area contributed by atoms with Crippen LogP contribution in [-0.4, -0.2) is 31.4 Å². The van der Waals surface area contributed by atoms with Gasteiger partial charge in [0, 0.05) is 24.5 Å². The maximum Gasteiger partial charge on any atom is 0.417 e. The fourth-order valence-electron chi connectivity index (χ4n) is 3.13. The van der Waals surface area contributed by atoms with Crippen LogP contribution in [-0.2, 0) is 26.1 Å². The van der Waals surface area contributed by atoms with Gasteiger partial charge in [-0.1, -0.05) is 36.3 Å². The van der Waals surface area contributed by atoms with E-state index >= 15 is 0 Å². The van der Waals surface area contributed by atoms with Gasteiger partial charge in [-0.05, 0) is 44.0 Å². The Bertz CT molecular complexity index is 1160. The highest BCUT2D eigenvalue weighted by Gasteiger charge is 2.30. The zero-order chi connectivity index (χ0) is 24.0. The molecule has 33 heavy (non-hydrogen) atoms. The van der Waals surface area contributed by atoms with Crippen molar-refractivity contribution in [2.75, 3.05) is 6.54 Å². The van der Waals surface area contributed by atoms with E-state index in [1.165, 1.54) is 11.6 Å². The SMILES string of the molecule is CCc1c(-c2nc(-c3ccc(CCN)cc3)no2)cnn1C.Cc1ccc(C(F)(F)F)cn1. The Morgan fingerprint density at radius 1 is 1.06 bits per heavy atom. The summed E-state index contributed by atoms with van der Waals surface area (Å²) in [5, 5.41) is 8.33. The summed E-state index contributed by atoms with van der Waals surface area (Å²) in [6.07, 6.45) is 0.0428. The molecular weight excluding hydrogens is 433 g/mol. The molecule has 0 bridgehead atoms. The highest BCUT2D eigenvalue weighted by atomic mass is 19.4. The predicted molar refractivity (Wildman–Crippen MR) is 118 cm³/mol. The van der Waals surface area contributed by atoms with Crippen LogP contribution in [0.15, 0.2) is 53.3 Å². The summed E-state index contributed by atoms with van der Waals surface area (Å²) in [5.41, 5.74) is 9.54. The zero-order valence-electron chi connectivity index (χ0n) is 18.6. The van der Waals surface area contributed by atoms with Crippen LogP contribution >= 0.6 is 0 Å². The van der Waals surface area contributed by atoms with Gasteiger partial charge < -0.3 is 10.3 Å². The summed E-state index contributed by atoms with van der Waals surface area (Å²) in [6, 6.07) is 10.4. The number of aromatic nitrogens is 5. The van der Waals surface area contributed by atoms with E-state index in [4.69, 9.17) is 10.3 Å². The molecule has 0 spiro atoms. The lowest BCUT2D eigenvalue weighted by atomic mass is 10.1. The van der Waals surface area contributed by atoms with Crippen molar-refractivity contribution in [1.29, 1.82) is 0 Å². The first kappa shape index (κ1) is 24.1. The minimum atomic E-state index is -4.28. The molecule has 0 unspecified atom stereocenters. The van der Waals surface area contributed by atoms with Crippen LogP contribution in [0.2, 0.25) is 0 Å². The molecule has 2 N–H and O–H groups in total. The average Bonchev–Trinajstić information content (AvgIpc) is 3.41.